The Morgan fingerprint density at radius 3 is 2.87 bits per heavy atom. The topological polar surface area (TPSA) is 25.4 Å². The molecule has 1 aromatic rings. The zero-order valence-electron chi connectivity index (χ0n) is 8.25. The average molecular weight is 292 g/mol. The summed E-state index contributed by atoms with van der Waals surface area (Å²) in [5.41, 5.74) is 1.14. The molecule has 1 aromatic heterocycles. The van der Waals surface area contributed by atoms with E-state index in [0.717, 1.165) is 38.4 Å². The molecule has 1 aliphatic heterocycles. The third kappa shape index (κ3) is 3.14. The van der Waals surface area contributed by atoms with Gasteiger partial charge in [-0.1, -0.05) is 11.6 Å². The highest BCUT2D eigenvalue weighted by atomic mass is 79.9. The Labute approximate surface area is 103 Å². The van der Waals surface area contributed by atoms with Crippen molar-refractivity contribution in [3.8, 4) is 0 Å². The molecule has 0 aromatic carbocycles. The van der Waals surface area contributed by atoms with Crippen LogP contribution in [-0.2, 0) is 11.3 Å². The van der Waals surface area contributed by atoms with Crippen molar-refractivity contribution >= 4 is 27.5 Å². The zero-order valence-corrected chi connectivity index (χ0v) is 10.6. The number of hydrogen-bond acceptors (Lipinski definition) is 3. The minimum Gasteiger partial charge on any atom is -0.379 e. The van der Waals surface area contributed by atoms with Crippen LogP contribution in [0.25, 0.3) is 0 Å². The van der Waals surface area contributed by atoms with Gasteiger partial charge in [-0.3, -0.25) is 4.90 Å². The molecule has 15 heavy (non-hydrogen) atoms. The predicted molar refractivity (Wildman–Crippen MR) is 63.0 cm³/mol. The van der Waals surface area contributed by atoms with E-state index in [0.29, 0.717) is 9.63 Å². The highest BCUT2D eigenvalue weighted by molar-refractivity contribution is 9.10. The number of aromatic nitrogens is 1. The molecule has 1 saturated heterocycles. The van der Waals surface area contributed by atoms with Gasteiger partial charge in [0, 0.05) is 25.8 Å². The van der Waals surface area contributed by atoms with E-state index in [4.69, 9.17) is 16.3 Å². The molecule has 0 atom stereocenters. The third-order valence-electron chi connectivity index (χ3n) is 2.36. The van der Waals surface area contributed by atoms with Crippen LogP contribution >= 0.6 is 27.5 Å². The van der Waals surface area contributed by atoms with E-state index in [1.165, 1.54) is 0 Å². The van der Waals surface area contributed by atoms with Crippen molar-refractivity contribution in [3.05, 3.63) is 27.5 Å². The highest BCUT2D eigenvalue weighted by Crippen LogP contribution is 2.21. The summed E-state index contributed by atoms with van der Waals surface area (Å²) in [5.74, 6) is 0. The van der Waals surface area contributed by atoms with Crippen molar-refractivity contribution in [2.45, 2.75) is 6.54 Å². The quantitative estimate of drug-likeness (QED) is 0.782. The minimum atomic E-state index is 0.667. The van der Waals surface area contributed by atoms with Crippen LogP contribution in [0.3, 0.4) is 0 Å². The van der Waals surface area contributed by atoms with Gasteiger partial charge in [0.25, 0.3) is 0 Å². The number of hydrogen-bond donors (Lipinski definition) is 0. The number of rotatable bonds is 2. The van der Waals surface area contributed by atoms with Crippen LogP contribution in [0.4, 0.5) is 0 Å². The fourth-order valence-corrected chi connectivity index (χ4v) is 1.97. The van der Waals surface area contributed by atoms with Crippen molar-refractivity contribution in [1.29, 1.82) is 0 Å². The second-order valence-corrected chi connectivity index (χ2v) is 4.66. The molecule has 2 heterocycles. The van der Waals surface area contributed by atoms with Crippen molar-refractivity contribution in [2.24, 2.45) is 0 Å². The maximum absolute atomic E-state index is 5.98. The number of nitrogens with zero attached hydrogens (tertiary/aromatic N) is 2. The lowest BCUT2D eigenvalue weighted by Gasteiger charge is -2.26. The van der Waals surface area contributed by atoms with Crippen LogP contribution in [0, 0.1) is 0 Å². The molecule has 2 rings (SSSR count). The molecule has 3 nitrogen and oxygen atoms in total. The van der Waals surface area contributed by atoms with Crippen LogP contribution in [0.2, 0.25) is 5.02 Å². The smallest absolute Gasteiger partial charge is 0.124 e. The number of ether oxygens (including phenoxy) is 1. The molecule has 82 valence electrons. The molecule has 0 saturated carbocycles. The van der Waals surface area contributed by atoms with Crippen LogP contribution in [0.15, 0.2) is 16.9 Å². The molecule has 1 aliphatic rings. The van der Waals surface area contributed by atoms with Crippen LogP contribution in [-0.4, -0.2) is 36.2 Å². The summed E-state index contributed by atoms with van der Waals surface area (Å²) in [7, 11) is 0. The Morgan fingerprint density at radius 1 is 1.47 bits per heavy atom. The van der Waals surface area contributed by atoms with Crippen molar-refractivity contribution in [1.82, 2.24) is 9.88 Å². The van der Waals surface area contributed by atoms with Gasteiger partial charge in [0.05, 0.1) is 18.2 Å². The van der Waals surface area contributed by atoms with E-state index >= 15 is 0 Å². The van der Waals surface area contributed by atoms with E-state index in [2.05, 4.69) is 25.8 Å². The van der Waals surface area contributed by atoms with E-state index in [1.54, 1.807) is 0 Å². The summed E-state index contributed by atoms with van der Waals surface area (Å²) in [6.07, 6.45) is 1.85. The first-order valence-electron chi connectivity index (χ1n) is 4.86. The molecular formula is C10H12BrClN2O. The van der Waals surface area contributed by atoms with Crippen LogP contribution < -0.4 is 0 Å². The van der Waals surface area contributed by atoms with Gasteiger partial charge in [0.15, 0.2) is 0 Å². The predicted octanol–water partition coefficient (Wildman–Crippen LogP) is 2.33. The molecule has 0 spiro atoms. The van der Waals surface area contributed by atoms with E-state index in [1.807, 2.05) is 12.3 Å². The van der Waals surface area contributed by atoms with Gasteiger partial charge >= 0.3 is 0 Å². The summed E-state index contributed by atoms with van der Waals surface area (Å²) in [5, 5.41) is 0.667. The van der Waals surface area contributed by atoms with Gasteiger partial charge < -0.3 is 4.74 Å². The number of morpholine rings is 1. The van der Waals surface area contributed by atoms with Crippen LogP contribution in [0.5, 0.6) is 0 Å². The monoisotopic (exact) mass is 290 g/mol. The average Bonchev–Trinajstić information content (AvgIpc) is 2.25. The second kappa shape index (κ2) is 5.25. The van der Waals surface area contributed by atoms with Crippen LogP contribution in [0.1, 0.15) is 5.56 Å². The van der Waals surface area contributed by atoms with Gasteiger partial charge in [0.2, 0.25) is 0 Å². The molecule has 0 aliphatic carbocycles. The molecule has 0 bridgehead atoms. The minimum absolute atomic E-state index is 0.667. The summed E-state index contributed by atoms with van der Waals surface area (Å²) >= 11 is 9.26. The summed E-state index contributed by atoms with van der Waals surface area (Å²) in [6.45, 7) is 4.49. The fraction of sp³-hybridized carbons (Fsp3) is 0.500. The molecule has 1 fully saturated rings. The van der Waals surface area contributed by atoms with Crippen molar-refractivity contribution < 1.29 is 4.74 Å². The standard InChI is InChI=1S/C10H12BrClN2O/c11-10-9(12)5-8(6-13-10)7-14-1-3-15-4-2-14/h5-6H,1-4,7H2. The Balaban J connectivity index is 2.00. The van der Waals surface area contributed by atoms with Crippen molar-refractivity contribution in [3.63, 3.8) is 0 Å². The largest absolute Gasteiger partial charge is 0.379 e. The van der Waals surface area contributed by atoms with Crippen molar-refractivity contribution in [2.75, 3.05) is 26.3 Å². The van der Waals surface area contributed by atoms with Gasteiger partial charge in [-0.15, -0.1) is 0 Å². The molecule has 0 unspecified atom stereocenters. The maximum Gasteiger partial charge on any atom is 0.124 e. The highest BCUT2D eigenvalue weighted by Gasteiger charge is 2.11. The Morgan fingerprint density at radius 2 is 2.20 bits per heavy atom. The molecule has 5 heteroatoms. The molecule has 0 radical (unpaired) electrons. The van der Waals surface area contributed by atoms with E-state index in [-0.39, 0.29) is 0 Å². The molecule has 0 amide bonds. The Kier molecular flexibility index (Phi) is 3.97. The maximum atomic E-state index is 5.98. The molecular weight excluding hydrogens is 279 g/mol. The second-order valence-electron chi connectivity index (χ2n) is 3.50. The van der Waals surface area contributed by atoms with Gasteiger partial charge in [-0.25, -0.2) is 4.98 Å². The van der Waals surface area contributed by atoms with E-state index in [9.17, 15) is 0 Å². The summed E-state index contributed by atoms with van der Waals surface area (Å²) in [6, 6.07) is 1.95. The van der Waals surface area contributed by atoms with Gasteiger partial charge in [-0.05, 0) is 27.6 Å². The molecule has 0 N–H and O–H groups in total. The SMILES string of the molecule is Clc1cc(CN2CCOCC2)cnc1Br. The van der Waals surface area contributed by atoms with E-state index < -0.39 is 0 Å². The summed E-state index contributed by atoms with van der Waals surface area (Å²) in [4.78, 5) is 6.51. The lowest BCUT2D eigenvalue weighted by atomic mass is 10.2. The lowest BCUT2D eigenvalue weighted by Crippen LogP contribution is -2.35. The lowest BCUT2D eigenvalue weighted by molar-refractivity contribution is 0.0341. The first kappa shape index (κ1) is 11.3. The van der Waals surface area contributed by atoms with Gasteiger partial charge in [0.1, 0.15) is 4.60 Å². The number of pyridine rings is 1. The number of halogens is 2. The normalized spacial score (nSPS) is 18.0. The Bertz CT molecular complexity index is 342. The fourth-order valence-electron chi connectivity index (χ4n) is 1.56. The third-order valence-corrected chi connectivity index (χ3v) is 3.51. The Hall–Kier alpha value is -0.160. The first-order valence-corrected chi connectivity index (χ1v) is 6.03. The van der Waals surface area contributed by atoms with Gasteiger partial charge in [-0.2, -0.15) is 0 Å². The zero-order chi connectivity index (χ0) is 10.7. The first-order chi connectivity index (χ1) is 7.25. The summed E-state index contributed by atoms with van der Waals surface area (Å²) < 4.78 is 5.99.